The van der Waals surface area contributed by atoms with E-state index >= 15 is 0 Å². The second-order valence-electron chi connectivity index (χ2n) is 0.964. The molecule has 0 atom stereocenters. The zero-order valence-corrected chi connectivity index (χ0v) is 6.14. The first-order valence-corrected chi connectivity index (χ1v) is 2.78. The van der Waals surface area contributed by atoms with Crippen LogP contribution in [0.3, 0.4) is 0 Å². The molecule has 0 bridgehead atoms. The van der Waals surface area contributed by atoms with E-state index in [1.165, 1.54) is 4.84 Å². The Kier molecular flexibility index (Phi) is 3.35. The highest BCUT2D eigenvalue weighted by Gasteiger charge is 1.77. The lowest BCUT2D eigenvalue weighted by Gasteiger charge is -2.05. The molecule has 0 fully saturated rings. The molecule has 0 saturated carbocycles. The maximum atomic E-state index is 5.08. The molecule has 0 saturated heterocycles. The second-order valence-corrected chi connectivity index (χ2v) is 1.85. The van der Waals surface area contributed by atoms with Crippen LogP contribution in [0, 0.1) is 0 Å². The molecule has 0 spiro atoms. The molecule has 0 rings (SSSR count). The van der Waals surface area contributed by atoms with E-state index in [0.29, 0.717) is 6.61 Å². The molecule has 0 amide bonds. The Bertz CT molecular complexity index is 32.7. The smallest absolute Gasteiger partial charge is 0.135 e. The Labute approximate surface area is 40.5 Å². The zero-order valence-electron chi connectivity index (χ0n) is 4.14. The molecular formula is C2H10N2OSi. The Morgan fingerprint density at radius 2 is 2.50 bits per heavy atom. The van der Waals surface area contributed by atoms with Gasteiger partial charge in [-0.25, -0.2) is 0 Å². The number of nitrogens with zero attached hydrogens (tertiary/aromatic N) is 1. The van der Waals surface area contributed by atoms with Gasteiger partial charge in [-0.15, -0.1) is 0 Å². The van der Waals surface area contributed by atoms with Crippen LogP contribution < -0.4 is 5.84 Å². The van der Waals surface area contributed by atoms with E-state index in [1.54, 1.807) is 0 Å². The first-order chi connectivity index (χ1) is 2.77. The lowest BCUT2D eigenvalue weighted by molar-refractivity contribution is -0.0798. The second kappa shape index (κ2) is 3.29. The molecule has 0 unspecified atom stereocenters. The fourth-order valence-corrected chi connectivity index (χ4v) is 0.462. The summed E-state index contributed by atoms with van der Waals surface area (Å²) in [7, 11) is 0.768. The summed E-state index contributed by atoms with van der Waals surface area (Å²) in [5.74, 6) is 5.08. The Morgan fingerprint density at radius 1 is 2.00 bits per heavy atom. The summed E-state index contributed by atoms with van der Waals surface area (Å²) in [4.78, 5) is 6.03. The van der Waals surface area contributed by atoms with Crippen LogP contribution in [0.1, 0.15) is 6.92 Å². The third-order valence-corrected chi connectivity index (χ3v) is 0.591. The number of rotatable bonds is 2. The minimum atomic E-state index is 0.667. The molecule has 0 aromatic heterocycles. The molecule has 0 aliphatic rings. The summed E-state index contributed by atoms with van der Waals surface area (Å²) in [6.07, 6.45) is 0. The van der Waals surface area contributed by atoms with Crippen LogP contribution >= 0.6 is 0 Å². The first-order valence-electron chi connectivity index (χ1n) is 1.88. The average molecular weight is 106 g/mol. The van der Waals surface area contributed by atoms with E-state index in [-0.39, 0.29) is 0 Å². The highest BCUT2D eigenvalue weighted by atomic mass is 28.2. The van der Waals surface area contributed by atoms with E-state index in [1.807, 2.05) is 6.92 Å². The van der Waals surface area contributed by atoms with Crippen molar-refractivity contribution in [3.05, 3.63) is 0 Å². The van der Waals surface area contributed by atoms with Gasteiger partial charge in [0.25, 0.3) is 0 Å². The van der Waals surface area contributed by atoms with Gasteiger partial charge >= 0.3 is 0 Å². The third-order valence-electron chi connectivity index (χ3n) is 0.333. The maximum absolute atomic E-state index is 5.08. The fraction of sp³-hybridized carbons (Fsp3) is 1.00. The quantitative estimate of drug-likeness (QED) is 0.261. The van der Waals surface area contributed by atoms with Crippen molar-refractivity contribution in [2.24, 2.45) is 5.84 Å². The van der Waals surface area contributed by atoms with Crippen LogP contribution in [0.5, 0.6) is 0 Å². The van der Waals surface area contributed by atoms with E-state index in [4.69, 9.17) is 10.7 Å². The van der Waals surface area contributed by atoms with Crippen LogP contribution in [-0.2, 0) is 4.84 Å². The van der Waals surface area contributed by atoms with Gasteiger partial charge in [-0.1, -0.05) is 0 Å². The molecule has 3 nitrogen and oxygen atoms in total. The fourth-order valence-electron chi connectivity index (χ4n) is 0.204. The summed E-state index contributed by atoms with van der Waals surface area (Å²) in [6.45, 7) is 2.57. The molecule has 6 heavy (non-hydrogen) atoms. The van der Waals surface area contributed by atoms with Gasteiger partial charge in [-0.2, -0.15) is 4.84 Å². The average Bonchev–Trinajstić information content (AvgIpc) is 1.35. The number of nitrogens with two attached hydrogens (primary N) is 1. The molecule has 0 aliphatic carbocycles. The van der Waals surface area contributed by atoms with Crippen LogP contribution in [0.4, 0.5) is 0 Å². The van der Waals surface area contributed by atoms with Gasteiger partial charge in [0.05, 0.1) is 6.61 Å². The summed E-state index contributed by atoms with van der Waals surface area (Å²) in [5, 5.41) is 0. The predicted octanol–water partition coefficient (Wildman–Crippen LogP) is -1.61. The van der Waals surface area contributed by atoms with Crippen LogP contribution in [0.15, 0.2) is 0 Å². The first kappa shape index (κ1) is 6.10. The lowest BCUT2D eigenvalue weighted by atomic mass is 10.9. The number of hydrogen-bond acceptors (Lipinski definition) is 3. The summed E-state index contributed by atoms with van der Waals surface area (Å²) in [6, 6.07) is 0. The maximum Gasteiger partial charge on any atom is 0.135 e. The lowest BCUT2D eigenvalue weighted by Crippen LogP contribution is -2.27. The van der Waals surface area contributed by atoms with Gasteiger partial charge < -0.3 is 0 Å². The van der Waals surface area contributed by atoms with Gasteiger partial charge in [0.2, 0.25) is 0 Å². The zero-order chi connectivity index (χ0) is 4.99. The molecule has 0 aromatic rings. The van der Waals surface area contributed by atoms with Crippen molar-refractivity contribution in [1.82, 2.24) is 4.84 Å². The highest BCUT2D eigenvalue weighted by molar-refractivity contribution is 6.02. The van der Waals surface area contributed by atoms with Crippen molar-refractivity contribution < 1.29 is 4.84 Å². The third kappa shape index (κ3) is 4.10. The minimum Gasteiger partial charge on any atom is -0.294 e. The predicted molar refractivity (Wildman–Crippen MR) is 27.6 cm³/mol. The van der Waals surface area contributed by atoms with Crippen molar-refractivity contribution in [3.63, 3.8) is 0 Å². The summed E-state index contributed by atoms with van der Waals surface area (Å²) < 4.78 is 0. The molecule has 0 heterocycles. The molecule has 2 N–H and O–H groups in total. The SMILES string of the molecule is CCON(N)[SiH3]. The Morgan fingerprint density at radius 3 is 2.50 bits per heavy atom. The van der Waals surface area contributed by atoms with Gasteiger partial charge in [-0.3, -0.25) is 10.7 Å². The van der Waals surface area contributed by atoms with Crippen LogP contribution in [0.25, 0.3) is 0 Å². The highest BCUT2D eigenvalue weighted by Crippen LogP contribution is 1.66. The number of hydrogen-bond donors (Lipinski definition) is 1. The van der Waals surface area contributed by atoms with E-state index in [2.05, 4.69) is 0 Å². The van der Waals surface area contributed by atoms with Crippen molar-refractivity contribution in [1.29, 1.82) is 0 Å². The number of hydrazine groups is 1. The largest absolute Gasteiger partial charge is 0.294 e. The van der Waals surface area contributed by atoms with Crippen molar-refractivity contribution in [3.8, 4) is 0 Å². The van der Waals surface area contributed by atoms with Gasteiger partial charge in [-0.05, 0) is 6.92 Å². The molecule has 0 aromatic carbocycles. The van der Waals surface area contributed by atoms with Crippen LogP contribution in [-0.4, -0.2) is 21.8 Å². The van der Waals surface area contributed by atoms with Crippen molar-refractivity contribution in [2.45, 2.75) is 6.92 Å². The molecule has 0 aliphatic heterocycles. The Hall–Kier alpha value is 0.0969. The van der Waals surface area contributed by atoms with E-state index < -0.39 is 0 Å². The monoisotopic (exact) mass is 106 g/mol. The summed E-state index contributed by atoms with van der Waals surface area (Å²) in [5.41, 5.74) is 0. The minimum absolute atomic E-state index is 0.667. The van der Waals surface area contributed by atoms with Crippen molar-refractivity contribution in [2.75, 3.05) is 6.61 Å². The molecule has 38 valence electrons. The van der Waals surface area contributed by atoms with E-state index in [9.17, 15) is 0 Å². The van der Waals surface area contributed by atoms with Gasteiger partial charge in [0, 0.05) is 0 Å². The Balaban J connectivity index is 2.63. The molecular weight excluding hydrogens is 96.1 g/mol. The van der Waals surface area contributed by atoms with E-state index in [0.717, 1.165) is 10.4 Å². The standard InChI is InChI=1S/C2H10N2OSi/c1-2-5-4(3)6/h2-3H2,1,6H3. The topological polar surface area (TPSA) is 38.5 Å². The van der Waals surface area contributed by atoms with Crippen molar-refractivity contribution >= 4 is 10.4 Å². The molecule has 4 heteroatoms. The molecule has 0 radical (unpaired) electrons. The normalized spacial score (nSPS) is 10.5. The van der Waals surface area contributed by atoms with Gasteiger partial charge in [0.1, 0.15) is 10.4 Å². The summed E-state index contributed by atoms with van der Waals surface area (Å²) >= 11 is 0. The van der Waals surface area contributed by atoms with Gasteiger partial charge in [0.15, 0.2) is 0 Å². The van der Waals surface area contributed by atoms with Crippen LogP contribution in [0.2, 0.25) is 0 Å².